The molecule has 0 spiro atoms. The third kappa shape index (κ3) is 3.02. The molecule has 21 heavy (non-hydrogen) atoms. The van der Waals surface area contributed by atoms with Gasteiger partial charge in [-0.2, -0.15) is 0 Å². The smallest absolute Gasteiger partial charge is 0.267 e. The number of halogens is 2. The second kappa shape index (κ2) is 5.63. The number of hydrogen-bond acceptors (Lipinski definition) is 4. The van der Waals surface area contributed by atoms with Gasteiger partial charge in [-0.15, -0.1) is 0 Å². The number of hydrogen-bond donors (Lipinski definition) is 2. The molecule has 8 heteroatoms. The van der Waals surface area contributed by atoms with Crippen molar-refractivity contribution >= 4 is 44.6 Å². The number of sulfonamides is 1. The van der Waals surface area contributed by atoms with Crippen LogP contribution in [0.2, 0.25) is 10.0 Å². The van der Waals surface area contributed by atoms with E-state index in [4.69, 9.17) is 28.9 Å². The Hall–Kier alpha value is -1.63. The van der Waals surface area contributed by atoms with Crippen LogP contribution in [-0.2, 0) is 10.0 Å². The molecule has 0 aliphatic rings. The highest BCUT2D eigenvalue weighted by Crippen LogP contribution is 2.34. The maximum atomic E-state index is 12.6. The highest BCUT2D eigenvalue weighted by Gasteiger charge is 2.27. The summed E-state index contributed by atoms with van der Waals surface area (Å²) >= 11 is 11.8. The number of nitrogens with two attached hydrogens (primary N) is 1. The predicted octanol–water partition coefficient (Wildman–Crippen LogP) is 3.11. The summed E-state index contributed by atoms with van der Waals surface area (Å²) in [5.74, 6) is 0.0357. The van der Waals surface area contributed by atoms with Crippen LogP contribution in [-0.4, -0.2) is 20.6 Å². The molecule has 112 valence electrons. The molecule has 0 fully saturated rings. The highest BCUT2D eigenvalue weighted by molar-refractivity contribution is 7.93. The fourth-order valence-corrected chi connectivity index (χ4v) is 3.93. The van der Waals surface area contributed by atoms with Gasteiger partial charge in [-0.05, 0) is 36.4 Å². The van der Waals surface area contributed by atoms with Crippen molar-refractivity contribution in [3.05, 3.63) is 46.4 Å². The maximum absolute atomic E-state index is 12.6. The molecule has 0 saturated carbocycles. The van der Waals surface area contributed by atoms with Gasteiger partial charge in [-0.1, -0.05) is 23.2 Å². The van der Waals surface area contributed by atoms with Crippen molar-refractivity contribution in [3.63, 3.8) is 0 Å². The van der Waals surface area contributed by atoms with E-state index in [1.54, 1.807) is 0 Å². The Morgan fingerprint density at radius 2 is 1.71 bits per heavy atom. The number of nitrogen functional groups attached to an aromatic ring is 1. The lowest BCUT2D eigenvalue weighted by molar-refractivity contribution is 0.475. The second-order valence-corrected chi connectivity index (χ2v) is 7.04. The van der Waals surface area contributed by atoms with E-state index in [0.717, 1.165) is 4.31 Å². The molecule has 0 radical (unpaired) electrons. The summed E-state index contributed by atoms with van der Waals surface area (Å²) in [7, 11) is -2.58. The lowest BCUT2D eigenvalue weighted by atomic mass is 10.3. The first-order valence-corrected chi connectivity index (χ1v) is 7.95. The zero-order chi connectivity index (χ0) is 15.8. The van der Waals surface area contributed by atoms with Crippen LogP contribution in [0.5, 0.6) is 5.75 Å². The number of benzene rings is 2. The molecule has 0 heterocycles. The quantitative estimate of drug-likeness (QED) is 0.836. The molecular weight excluding hydrogens is 335 g/mol. The number of phenolic OH excluding ortho intramolecular Hbond substituents is 1. The van der Waals surface area contributed by atoms with Crippen LogP contribution >= 0.6 is 23.2 Å². The number of phenols is 1. The Kier molecular flexibility index (Phi) is 4.22. The minimum atomic E-state index is -3.95. The zero-order valence-electron chi connectivity index (χ0n) is 10.9. The molecule has 0 aromatic heterocycles. The molecule has 0 bridgehead atoms. The van der Waals surface area contributed by atoms with E-state index < -0.39 is 10.0 Å². The average molecular weight is 347 g/mol. The SMILES string of the molecule is CN(c1ccc(O)cc1)S(=O)(=O)c1c(N)cc(Cl)cc1Cl. The third-order valence-corrected chi connectivity index (χ3v) is 5.40. The molecule has 0 saturated heterocycles. The van der Waals surface area contributed by atoms with Gasteiger partial charge in [0.05, 0.1) is 16.4 Å². The fourth-order valence-electron chi connectivity index (χ4n) is 1.79. The van der Waals surface area contributed by atoms with Crippen LogP contribution in [0.25, 0.3) is 0 Å². The van der Waals surface area contributed by atoms with Crippen molar-refractivity contribution in [2.75, 3.05) is 17.1 Å². The summed E-state index contributed by atoms with van der Waals surface area (Å²) in [6.07, 6.45) is 0. The molecule has 0 atom stereocenters. The number of anilines is 2. The topological polar surface area (TPSA) is 83.6 Å². The summed E-state index contributed by atoms with van der Waals surface area (Å²) in [5.41, 5.74) is 6.06. The van der Waals surface area contributed by atoms with Crippen molar-refractivity contribution < 1.29 is 13.5 Å². The zero-order valence-corrected chi connectivity index (χ0v) is 13.2. The average Bonchev–Trinajstić information content (AvgIpc) is 2.37. The van der Waals surface area contributed by atoms with Crippen molar-refractivity contribution in [2.24, 2.45) is 0 Å². The van der Waals surface area contributed by atoms with Gasteiger partial charge in [-0.25, -0.2) is 8.42 Å². The van der Waals surface area contributed by atoms with Gasteiger partial charge in [0.1, 0.15) is 10.6 Å². The Morgan fingerprint density at radius 1 is 1.14 bits per heavy atom. The van der Waals surface area contributed by atoms with Crippen LogP contribution < -0.4 is 10.0 Å². The van der Waals surface area contributed by atoms with Gasteiger partial charge in [-0.3, -0.25) is 4.31 Å². The molecule has 0 aliphatic heterocycles. The van der Waals surface area contributed by atoms with E-state index in [1.807, 2.05) is 0 Å². The van der Waals surface area contributed by atoms with Crippen LogP contribution in [0.1, 0.15) is 0 Å². The summed E-state index contributed by atoms with van der Waals surface area (Å²) < 4.78 is 26.3. The van der Waals surface area contributed by atoms with Crippen LogP contribution in [0.4, 0.5) is 11.4 Å². The highest BCUT2D eigenvalue weighted by atomic mass is 35.5. The Balaban J connectivity index is 2.54. The van der Waals surface area contributed by atoms with Crippen LogP contribution in [0.15, 0.2) is 41.3 Å². The lowest BCUT2D eigenvalue weighted by Gasteiger charge is -2.21. The monoisotopic (exact) mass is 346 g/mol. The lowest BCUT2D eigenvalue weighted by Crippen LogP contribution is -2.27. The predicted molar refractivity (Wildman–Crippen MR) is 84.6 cm³/mol. The molecule has 0 amide bonds. The van der Waals surface area contributed by atoms with Gasteiger partial charge in [0.15, 0.2) is 0 Å². The number of aromatic hydroxyl groups is 1. The standard InChI is InChI=1S/C13H12Cl2N2O3S/c1-17(9-2-4-10(18)5-3-9)21(19,20)13-11(15)6-8(14)7-12(13)16/h2-7,18H,16H2,1H3. The molecular formula is C13H12Cl2N2O3S. The summed E-state index contributed by atoms with van der Waals surface area (Å²) in [6.45, 7) is 0. The Bertz CT molecular complexity index is 753. The van der Waals surface area contributed by atoms with E-state index in [-0.39, 0.29) is 26.4 Å². The summed E-state index contributed by atoms with van der Waals surface area (Å²) in [4.78, 5) is -0.204. The minimum Gasteiger partial charge on any atom is -0.508 e. The number of rotatable bonds is 3. The first-order valence-electron chi connectivity index (χ1n) is 5.76. The first kappa shape index (κ1) is 15.8. The van der Waals surface area contributed by atoms with E-state index in [1.165, 1.54) is 43.4 Å². The minimum absolute atomic E-state index is 0.0295. The molecule has 2 aromatic carbocycles. The molecule has 2 rings (SSSR count). The van der Waals surface area contributed by atoms with E-state index in [2.05, 4.69) is 0 Å². The molecule has 3 N–H and O–H groups in total. The van der Waals surface area contributed by atoms with E-state index in [9.17, 15) is 13.5 Å². The van der Waals surface area contributed by atoms with Crippen LogP contribution in [0.3, 0.4) is 0 Å². The van der Waals surface area contributed by atoms with Crippen LogP contribution in [0, 0.1) is 0 Å². The normalized spacial score (nSPS) is 11.4. The number of nitrogens with zero attached hydrogens (tertiary/aromatic N) is 1. The Morgan fingerprint density at radius 3 is 2.24 bits per heavy atom. The summed E-state index contributed by atoms with van der Waals surface area (Å²) in [6, 6.07) is 8.34. The van der Waals surface area contributed by atoms with E-state index >= 15 is 0 Å². The van der Waals surface area contributed by atoms with Gasteiger partial charge < -0.3 is 10.8 Å². The largest absolute Gasteiger partial charge is 0.508 e. The van der Waals surface area contributed by atoms with Gasteiger partial charge in [0.25, 0.3) is 10.0 Å². The van der Waals surface area contributed by atoms with Gasteiger partial charge >= 0.3 is 0 Å². The van der Waals surface area contributed by atoms with Gasteiger partial charge in [0, 0.05) is 12.1 Å². The van der Waals surface area contributed by atoms with Crippen molar-refractivity contribution in [1.82, 2.24) is 0 Å². The first-order chi connectivity index (χ1) is 9.73. The van der Waals surface area contributed by atoms with Crippen molar-refractivity contribution in [1.29, 1.82) is 0 Å². The fraction of sp³-hybridized carbons (Fsp3) is 0.0769. The van der Waals surface area contributed by atoms with E-state index in [0.29, 0.717) is 5.69 Å². The summed E-state index contributed by atoms with van der Waals surface area (Å²) in [5, 5.41) is 9.46. The van der Waals surface area contributed by atoms with Gasteiger partial charge in [0.2, 0.25) is 0 Å². The van der Waals surface area contributed by atoms with Crippen molar-refractivity contribution in [2.45, 2.75) is 4.90 Å². The Labute approximate surface area is 132 Å². The molecule has 5 nitrogen and oxygen atoms in total. The molecule has 0 unspecified atom stereocenters. The second-order valence-electron chi connectivity index (χ2n) is 4.29. The van der Waals surface area contributed by atoms with Crippen molar-refractivity contribution in [3.8, 4) is 5.75 Å². The molecule has 2 aromatic rings. The molecule has 0 aliphatic carbocycles. The maximum Gasteiger partial charge on any atom is 0.267 e. The third-order valence-electron chi connectivity index (χ3n) is 2.87.